The molecule has 132 valence electrons. The van der Waals surface area contributed by atoms with Gasteiger partial charge in [-0.2, -0.15) is 0 Å². The molecule has 0 unspecified atom stereocenters. The molecule has 0 amide bonds. The fourth-order valence-electron chi connectivity index (χ4n) is 2.16. The Balaban J connectivity index is 2.23. The van der Waals surface area contributed by atoms with Gasteiger partial charge in [0.05, 0.1) is 13.7 Å². The van der Waals surface area contributed by atoms with Crippen molar-refractivity contribution in [3.63, 3.8) is 0 Å². The number of hydrogen-bond donors (Lipinski definition) is 2. The van der Waals surface area contributed by atoms with Gasteiger partial charge in [-0.1, -0.05) is 18.2 Å². The van der Waals surface area contributed by atoms with Crippen LogP contribution in [0.2, 0.25) is 0 Å². The van der Waals surface area contributed by atoms with E-state index in [1.807, 2.05) is 0 Å². The highest BCUT2D eigenvalue weighted by molar-refractivity contribution is 7.90. The highest BCUT2D eigenvalue weighted by atomic mass is 32.2. The maximum absolute atomic E-state index is 12.7. The normalized spacial score (nSPS) is 11.8. The van der Waals surface area contributed by atoms with Crippen molar-refractivity contribution in [3.8, 4) is 0 Å². The number of hydrogen-bond acceptors (Lipinski definition) is 7. The molecule has 2 rings (SSSR count). The van der Waals surface area contributed by atoms with Gasteiger partial charge in [-0.15, -0.1) is 11.3 Å². The second kappa shape index (κ2) is 8.54. The zero-order valence-corrected chi connectivity index (χ0v) is 15.1. The third-order valence-corrected chi connectivity index (χ3v) is 6.09. The predicted molar refractivity (Wildman–Crippen MR) is 93.1 cm³/mol. The average Bonchev–Trinajstić information content (AvgIpc) is 2.97. The summed E-state index contributed by atoms with van der Waals surface area (Å²) in [5, 5.41) is 3.57. The highest BCUT2D eigenvalue weighted by Crippen LogP contribution is 2.34. The minimum Gasteiger partial charge on any atom is -0.465 e. The van der Waals surface area contributed by atoms with Crippen LogP contribution in [0.15, 0.2) is 29.2 Å². The quantitative estimate of drug-likeness (QED) is 0.507. The molecule has 0 saturated carbocycles. The van der Waals surface area contributed by atoms with Crippen LogP contribution in [0.3, 0.4) is 0 Å². The SMILES string of the molecule is COCCNCCNS(=O)(=O)c1c(C(=O)OC)sc2ccccc12. The van der Waals surface area contributed by atoms with Gasteiger partial charge in [0.1, 0.15) is 9.77 Å². The standard InChI is InChI=1S/C15H20N2O5S2/c1-21-10-9-16-7-8-17-24(19,20)14-11-5-3-4-6-12(11)23-13(14)15(18)22-2/h3-6,16-17H,7-10H2,1-2H3. The molecule has 1 aromatic heterocycles. The highest BCUT2D eigenvalue weighted by Gasteiger charge is 2.28. The van der Waals surface area contributed by atoms with E-state index >= 15 is 0 Å². The van der Waals surface area contributed by atoms with Gasteiger partial charge in [0, 0.05) is 36.8 Å². The molecule has 0 radical (unpaired) electrons. The van der Waals surface area contributed by atoms with Crippen LogP contribution in [0.4, 0.5) is 0 Å². The van der Waals surface area contributed by atoms with Crippen molar-refractivity contribution in [3.05, 3.63) is 29.1 Å². The second-order valence-corrected chi connectivity index (χ2v) is 7.64. The van der Waals surface area contributed by atoms with Crippen molar-refractivity contribution in [1.82, 2.24) is 10.0 Å². The van der Waals surface area contributed by atoms with E-state index in [9.17, 15) is 13.2 Å². The fourth-order valence-corrected chi connectivity index (χ4v) is 5.01. The Kier molecular flexibility index (Phi) is 6.69. The Labute approximate surface area is 145 Å². The molecule has 1 heterocycles. The predicted octanol–water partition coefficient (Wildman–Crippen LogP) is 1.20. The molecule has 24 heavy (non-hydrogen) atoms. The lowest BCUT2D eigenvalue weighted by molar-refractivity contribution is 0.0602. The first kappa shape index (κ1) is 18.8. The smallest absolute Gasteiger partial charge is 0.349 e. The van der Waals surface area contributed by atoms with E-state index in [0.717, 1.165) is 16.0 Å². The summed E-state index contributed by atoms with van der Waals surface area (Å²) in [7, 11) is -1.00. The molecule has 0 saturated heterocycles. The van der Waals surface area contributed by atoms with E-state index in [4.69, 9.17) is 9.47 Å². The van der Waals surface area contributed by atoms with Gasteiger partial charge < -0.3 is 14.8 Å². The van der Waals surface area contributed by atoms with Gasteiger partial charge in [0.15, 0.2) is 0 Å². The first-order valence-electron chi connectivity index (χ1n) is 7.30. The molecule has 0 atom stereocenters. The molecular formula is C15H20N2O5S2. The van der Waals surface area contributed by atoms with Crippen LogP contribution in [0.1, 0.15) is 9.67 Å². The third-order valence-electron chi connectivity index (χ3n) is 3.27. The minimum atomic E-state index is -3.83. The molecule has 2 aromatic rings. The first-order valence-corrected chi connectivity index (χ1v) is 9.60. The Bertz CT molecular complexity index is 801. The minimum absolute atomic E-state index is 0.0214. The number of sulfonamides is 1. The molecular weight excluding hydrogens is 352 g/mol. The lowest BCUT2D eigenvalue weighted by atomic mass is 10.2. The van der Waals surface area contributed by atoms with Gasteiger partial charge in [-0.3, -0.25) is 0 Å². The molecule has 0 spiro atoms. The molecule has 0 aliphatic carbocycles. The van der Waals surface area contributed by atoms with Gasteiger partial charge in [-0.25, -0.2) is 17.9 Å². The summed E-state index contributed by atoms with van der Waals surface area (Å²) in [6, 6.07) is 6.99. The summed E-state index contributed by atoms with van der Waals surface area (Å²) >= 11 is 1.11. The first-order chi connectivity index (χ1) is 11.5. The Morgan fingerprint density at radius 3 is 2.62 bits per heavy atom. The van der Waals surface area contributed by atoms with E-state index in [0.29, 0.717) is 25.1 Å². The summed E-state index contributed by atoms with van der Waals surface area (Å²) in [4.78, 5) is 12.0. The van der Waals surface area contributed by atoms with E-state index in [2.05, 4.69) is 10.0 Å². The number of carbonyl (C=O) groups excluding carboxylic acids is 1. The van der Waals surface area contributed by atoms with Crippen LogP contribution in [0, 0.1) is 0 Å². The Morgan fingerprint density at radius 2 is 1.92 bits per heavy atom. The van der Waals surface area contributed by atoms with Crippen molar-refractivity contribution in [1.29, 1.82) is 0 Å². The maximum Gasteiger partial charge on any atom is 0.349 e. The summed E-state index contributed by atoms with van der Waals surface area (Å²) in [6.07, 6.45) is 0. The lowest BCUT2D eigenvalue weighted by Crippen LogP contribution is -2.33. The molecule has 0 bridgehead atoms. The number of nitrogens with one attached hydrogen (secondary N) is 2. The second-order valence-electron chi connectivity index (χ2n) is 4.89. The largest absolute Gasteiger partial charge is 0.465 e. The van der Waals surface area contributed by atoms with Crippen molar-refractivity contribution in [2.24, 2.45) is 0 Å². The zero-order valence-electron chi connectivity index (χ0n) is 13.5. The zero-order chi connectivity index (χ0) is 17.6. The summed E-state index contributed by atoms with van der Waals surface area (Å²) in [5.41, 5.74) is 0. The monoisotopic (exact) mass is 372 g/mol. The fraction of sp³-hybridized carbons (Fsp3) is 0.400. The molecule has 0 aliphatic rings. The van der Waals surface area contributed by atoms with Crippen molar-refractivity contribution in [2.75, 3.05) is 40.5 Å². The third kappa shape index (κ3) is 4.31. The van der Waals surface area contributed by atoms with Crippen molar-refractivity contribution in [2.45, 2.75) is 4.90 Å². The number of carbonyl (C=O) groups is 1. The topological polar surface area (TPSA) is 93.7 Å². The van der Waals surface area contributed by atoms with Gasteiger partial charge in [-0.05, 0) is 6.07 Å². The van der Waals surface area contributed by atoms with Crippen LogP contribution in [0.25, 0.3) is 10.1 Å². The lowest BCUT2D eigenvalue weighted by Gasteiger charge is -2.08. The molecule has 0 aliphatic heterocycles. The average molecular weight is 372 g/mol. The number of rotatable bonds is 9. The molecule has 7 nitrogen and oxygen atoms in total. The maximum atomic E-state index is 12.7. The number of fused-ring (bicyclic) bond motifs is 1. The van der Waals surface area contributed by atoms with Crippen LogP contribution < -0.4 is 10.0 Å². The van der Waals surface area contributed by atoms with E-state index in [-0.39, 0.29) is 16.3 Å². The van der Waals surface area contributed by atoms with Crippen molar-refractivity contribution < 1.29 is 22.7 Å². The summed E-state index contributed by atoms with van der Waals surface area (Å²) in [5.74, 6) is -0.658. The molecule has 0 fully saturated rings. The molecule has 2 N–H and O–H groups in total. The van der Waals surface area contributed by atoms with Crippen LogP contribution in [-0.2, 0) is 19.5 Å². The van der Waals surface area contributed by atoms with Gasteiger partial charge >= 0.3 is 5.97 Å². The number of benzene rings is 1. The van der Waals surface area contributed by atoms with E-state index < -0.39 is 16.0 Å². The number of ether oxygens (including phenoxy) is 2. The number of thiophene rings is 1. The number of methoxy groups -OCH3 is 2. The van der Waals surface area contributed by atoms with E-state index in [1.165, 1.54) is 7.11 Å². The van der Waals surface area contributed by atoms with Crippen LogP contribution in [-0.4, -0.2) is 54.8 Å². The summed E-state index contributed by atoms with van der Waals surface area (Å²) < 4.78 is 38.2. The van der Waals surface area contributed by atoms with Gasteiger partial charge in [0.25, 0.3) is 0 Å². The van der Waals surface area contributed by atoms with Crippen molar-refractivity contribution >= 4 is 37.4 Å². The number of esters is 1. The van der Waals surface area contributed by atoms with Gasteiger partial charge in [0.2, 0.25) is 10.0 Å². The Morgan fingerprint density at radius 1 is 1.17 bits per heavy atom. The molecule has 9 heteroatoms. The summed E-state index contributed by atoms with van der Waals surface area (Å²) in [6.45, 7) is 1.84. The Hall–Kier alpha value is -1.52. The molecule has 1 aromatic carbocycles. The van der Waals surface area contributed by atoms with Crippen LogP contribution >= 0.6 is 11.3 Å². The van der Waals surface area contributed by atoms with E-state index in [1.54, 1.807) is 31.4 Å². The van der Waals surface area contributed by atoms with Crippen LogP contribution in [0.5, 0.6) is 0 Å².